The molecule has 8 nitrogen and oxygen atoms in total. The third-order valence-electron chi connectivity index (χ3n) is 6.27. The lowest BCUT2D eigenvalue weighted by Crippen LogP contribution is -2.50. The molecule has 0 saturated carbocycles. The van der Waals surface area contributed by atoms with E-state index in [-0.39, 0.29) is 36.2 Å². The lowest BCUT2D eigenvalue weighted by Gasteiger charge is -2.39. The number of likely N-dealkylation sites (tertiary alicyclic amines) is 1. The molecule has 1 aromatic heterocycles. The molecule has 9 heteroatoms. The Kier molecular flexibility index (Phi) is 7.44. The molecule has 3 rings (SSSR count). The number of cyclic esters (lactones) is 1. The number of pyridine rings is 1. The second-order valence-corrected chi connectivity index (χ2v) is 9.47. The van der Waals surface area contributed by atoms with Crippen LogP contribution < -0.4 is 10.9 Å². The van der Waals surface area contributed by atoms with Crippen LogP contribution in [-0.2, 0) is 9.53 Å². The predicted octanol–water partition coefficient (Wildman–Crippen LogP) is 1.90. The summed E-state index contributed by atoms with van der Waals surface area (Å²) in [6.07, 6.45) is 2.23. The average molecular weight is 454 g/mol. The van der Waals surface area contributed by atoms with Gasteiger partial charge in [-0.3, -0.25) is 14.4 Å². The van der Waals surface area contributed by atoms with Gasteiger partial charge in [0.25, 0.3) is 11.5 Å². The summed E-state index contributed by atoms with van der Waals surface area (Å²) in [5.41, 5.74) is -0.632. The van der Waals surface area contributed by atoms with E-state index >= 15 is 0 Å². The molecule has 2 saturated heterocycles. The molecule has 3 heterocycles. The highest BCUT2D eigenvalue weighted by Gasteiger charge is 2.37. The van der Waals surface area contributed by atoms with Crippen molar-refractivity contribution in [2.75, 3.05) is 32.8 Å². The monoisotopic (exact) mass is 453 g/mol. The number of piperidine rings is 1. The molecule has 0 bridgehead atoms. The van der Waals surface area contributed by atoms with Gasteiger partial charge >= 0.3 is 5.97 Å². The summed E-state index contributed by atoms with van der Waals surface area (Å²) in [6, 6.07) is 1.36. The van der Waals surface area contributed by atoms with E-state index in [9.17, 15) is 19.5 Å². The van der Waals surface area contributed by atoms with Crippen LogP contribution in [0.1, 0.15) is 61.6 Å². The normalized spacial score (nSPS) is 23.1. The van der Waals surface area contributed by atoms with Crippen LogP contribution in [0.25, 0.3) is 0 Å². The van der Waals surface area contributed by atoms with E-state index in [0.717, 1.165) is 25.9 Å². The van der Waals surface area contributed by atoms with Crippen molar-refractivity contribution in [3.8, 4) is 0 Å². The minimum absolute atomic E-state index is 0.0377. The molecule has 2 aliphatic rings. The highest BCUT2D eigenvalue weighted by Crippen LogP contribution is 2.25. The number of rotatable bonds is 6. The van der Waals surface area contributed by atoms with Crippen LogP contribution in [0.2, 0.25) is 5.02 Å². The number of esters is 1. The number of aliphatic hydroxyl groups is 1. The first-order valence-corrected chi connectivity index (χ1v) is 11.3. The van der Waals surface area contributed by atoms with E-state index in [2.05, 4.69) is 10.2 Å². The molecule has 0 spiro atoms. The lowest BCUT2D eigenvalue weighted by atomic mass is 9.90. The Morgan fingerprint density at radius 3 is 2.65 bits per heavy atom. The molecular weight excluding hydrogens is 422 g/mol. The van der Waals surface area contributed by atoms with Crippen molar-refractivity contribution in [1.29, 1.82) is 0 Å². The SMILES string of the molecule is Cc1c(Cl)cc(C(=O)NCC2CCN(CC3(O)CCOC(=O)C3)CC2)c(=O)n1C(C)C. The summed E-state index contributed by atoms with van der Waals surface area (Å²) < 4.78 is 6.47. The molecule has 0 radical (unpaired) electrons. The summed E-state index contributed by atoms with van der Waals surface area (Å²) in [6.45, 7) is 8.31. The maximum Gasteiger partial charge on any atom is 0.308 e. The van der Waals surface area contributed by atoms with E-state index in [1.54, 1.807) is 11.5 Å². The van der Waals surface area contributed by atoms with E-state index in [4.69, 9.17) is 16.3 Å². The average Bonchev–Trinajstić information content (AvgIpc) is 2.69. The number of hydrogen-bond acceptors (Lipinski definition) is 6. The van der Waals surface area contributed by atoms with Gasteiger partial charge in [-0.15, -0.1) is 0 Å². The van der Waals surface area contributed by atoms with Gasteiger partial charge in [-0.2, -0.15) is 0 Å². The number of ether oxygens (including phenoxy) is 1. The number of aromatic nitrogens is 1. The third-order valence-corrected chi connectivity index (χ3v) is 6.65. The first-order valence-electron chi connectivity index (χ1n) is 10.9. The van der Waals surface area contributed by atoms with Gasteiger partial charge in [-0.05, 0) is 58.7 Å². The van der Waals surface area contributed by atoms with Gasteiger partial charge in [0.15, 0.2) is 0 Å². The van der Waals surface area contributed by atoms with Crippen LogP contribution in [0.5, 0.6) is 0 Å². The number of amides is 1. The second-order valence-electron chi connectivity index (χ2n) is 9.06. The topological polar surface area (TPSA) is 101 Å². The van der Waals surface area contributed by atoms with Crippen molar-refractivity contribution in [1.82, 2.24) is 14.8 Å². The molecule has 2 N–H and O–H groups in total. The highest BCUT2D eigenvalue weighted by atomic mass is 35.5. The van der Waals surface area contributed by atoms with E-state index < -0.39 is 11.5 Å². The summed E-state index contributed by atoms with van der Waals surface area (Å²) in [5, 5.41) is 13.9. The fourth-order valence-corrected chi connectivity index (χ4v) is 4.67. The zero-order valence-electron chi connectivity index (χ0n) is 18.4. The first kappa shape index (κ1) is 23.8. The number of hydrogen-bond donors (Lipinski definition) is 2. The minimum Gasteiger partial charge on any atom is -0.465 e. The van der Waals surface area contributed by atoms with Gasteiger partial charge < -0.3 is 24.6 Å². The summed E-state index contributed by atoms with van der Waals surface area (Å²) in [4.78, 5) is 39.1. The van der Waals surface area contributed by atoms with Crippen molar-refractivity contribution in [3.05, 3.63) is 32.7 Å². The Balaban J connectivity index is 1.53. The van der Waals surface area contributed by atoms with Crippen LogP contribution in [0.15, 0.2) is 10.9 Å². The lowest BCUT2D eigenvalue weighted by molar-refractivity contribution is -0.161. The molecule has 2 aliphatic heterocycles. The zero-order valence-corrected chi connectivity index (χ0v) is 19.2. The van der Waals surface area contributed by atoms with Crippen molar-refractivity contribution in [2.24, 2.45) is 5.92 Å². The standard InChI is InChI=1S/C22H32ClN3O5/c1-14(2)26-15(3)18(23)10-17(21(26)29)20(28)24-12-16-4-7-25(8-5-16)13-22(30)6-9-31-19(27)11-22/h10,14,16,30H,4-9,11-13H2,1-3H3,(H,24,28). The van der Waals surface area contributed by atoms with Crippen molar-refractivity contribution in [2.45, 2.75) is 58.1 Å². The molecule has 0 aromatic carbocycles. The molecule has 1 amide bonds. The van der Waals surface area contributed by atoms with Crippen molar-refractivity contribution >= 4 is 23.5 Å². The van der Waals surface area contributed by atoms with Crippen LogP contribution in [0.3, 0.4) is 0 Å². The second kappa shape index (κ2) is 9.71. The predicted molar refractivity (Wildman–Crippen MR) is 117 cm³/mol. The van der Waals surface area contributed by atoms with Gasteiger partial charge in [0, 0.05) is 31.2 Å². The molecule has 0 aliphatic carbocycles. The van der Waals surface area contributed by atoms with Crippen LogP contribution in [0.4, 0.5) is 0 Å². The molecule has 172 valence electrons. The summed E-state index contributed by atoms with van der Waals surface area (Å²) in [7, 11) is 0. The maximum absolute atomic E-state index is 12.7. The van der Waals surface area contributed by atoms with Crippen molar-refractivity contribution < 1.29 is 19.4 Å². The number of carbonyl (C=O) groups excluding carboxylic acids is 2. The van der Waals surface area contributed by atoms with E-state index in [1.807, 2.05) is 13.8 Å². The number of carbonyl (C=O) groups is 2. The molecule has 31 heavy (non-hydrogen) atoms. The van der Waals surface area contributed by atoms with E-state index in [0.29, 0.717) is 36.1 Å². The summed E-state index contributed by atoms with van der Waals surface area (Å²) in [5.74, 6) is -0.461. The van der Waals surface area contributed by atoms with Gasteiger partial charge in [0.05, 0.1) is 23.7 Å². The molecule has 2 fully saturated rings. The first-order chi connectivity index (χ1) is 14.6. The Bertz CT molecular complexity index is 892. The Hall–Kier alpha value is -1.90. The van der Waals surface area contributed by atoms with Crippen LogP contribution in [-0.4, -0.2) is 64.8 Å². The molecule has 1 aromatic rings. The van der Waals surface area contributed by atoms with Gasteiger partial charge in [0.2, 0.25) is 0 Å². The van der Waals surface area contributed by atoms with Gasteiger partial charge in [-0.1, -0.05) is 11.6 Å². The minimum atomic E-state index is -1.02. The molecule has 1 unspecified atom stereocenters. The Morgan fingerprint density at radius 2 is 2.03 bits per heavy atom. The zero-order chi connectivity index (χ0) is 22.8. The van der Waals surface area contributed by atoms with Crippen molar-refractivity contribution in [3.63, 3.8) is 0 Å². The van der Waals surface area contributed by atoms with Gasteiger partial charge in [-0.25, -0.2) is 0 Å². The smallest absolute Gasteiger partial charge is 0.308 e. The Labute approximate surface area is 187 Å². The number of β-amino-alcohol motifs (C(OH)–C–C–N with tert-alkyl or cyclic N) is 1. The number of halogens is 1. The number of nitrogens with one attached hydrogen (secondary N) is 1. The van der Waals surface area contributed by atoms with Crippen LogP contribution in [0, 0.1) is 12.8 Å². The van der Waals surface area contributed by atoms with Gasteiger partial charge in [0.1, 0.15) is 5.56 Å². The highest BCUT2D eigenvalue weighted by molar-refractivity contribution is 6.31. The largest absolute Gasteiger partial charge is 0.465 e. The van der Waals surface area contributed by atoms with E-state index in [1.165, 1.54) is 6.07 Å². The Morgan fingerprint density at radius 1 is 1.35 bits per heavy atom. The summed E-state index contributed by atoms with van der Waals surface area (Å²) >= 11 is 6.25. The maximum atomic E-state index is 12.7. The van der Waals surface area contributed by atoms with Crippen LogP contribution >= 0.6 is 11.6 Å². The number of nitrogens with zero attached hydrogens (tertiary/aromatic N) is 2. The fourth-order valence-electron chi connectivity index (χ4n) is 4.47. The molecular formula is C22H32ClN3O5. The molecule has 1 atom stereocenters. The third kappa shape index (κ3) is 5.67. The fraction of sp³-hybridized carbons (Fsp3) is 0.682. The quantitative estimate of drug-likeness (QED) is 0.638.